The fraction of sp³-hybridized carbons (Fsp3) is 0.133. The van der Waals surface area contributed by atoms with Crippen molar-refractivity contribution < 1.29 is 9.53 Å². The monoisotopic (exact) mass is 353 g/mol. The molecule has 0 spiro atoms. The van der Waals surface area contributed by atoms with Crippen molar-refractivity contribution in [2.24, 2.45) is 0 Å². The summed E-state index contributed by atoms with van der Waals surface area (Å²) in [5.41, 5.74) is 2.30. The highest BCUT2D eigenvalue weighted by Crippen LogP contribution is 2.30. The zero-order chi connectivity index (χ0) is 14.5. The zero-order valence-corrected chi connectivity index (χ0v) is 13.2. The second-order valence-electron chi connectivity index (χ2n) is 4.10. The van der Waals surface area contributed by atoms with Gasteiger partial charge in [-0.2, -0.15) is 0 Å². The topological polar surface area (TPSA) is 38.3 Å². The number of hydrogen-bond acceptors (Lipinski definition) is 3. The lowest BCUT2D eigenvalue weighted by atomic mass is 10.1. The highest BCUT2D eigenvalue weighted by Gasteiger charge is 2.11. The molecule has 0 atom stereocenters. The first-order valence-corrected chi connectivity index (χ1v) is 7.14. The molecule has 2 rings (SSSR count). The Morgan fingerprint density at radius 1 is 1.25 bits per heavy atom. The molecule has 0 aromatic heterocycles. The Morgan fingerprint density at radius 2 is 2.00 bits per heavy atom. The van der Waals surface area contributed by atoms with Gasteiger partial charge in [-0.15, -0.1) is 0 Å². The first-order valence-electron chi connectivity index (χ1n) is 5.97. The van der Waals surface area contributed by atoms with Crippen molar-refractivity contribution in [1.29, 1.82) is 0 Å². The van der Waals surface area contributed by atoms with Crippen LogP contribution in [0.2, 0.25) is 5.02 Å². The van der Waals surface area contributed by atoms with E-state index in [0.717, 1.165) is 15.7 Å². The number of halogens is 2. The molecule has 5 heteroatoms. The van der Waals surface area contributed by atoms with E-state index in [4.69, 9.17) is 16.3 Å². The van der Waals surface area contributed by atoms with E-state index in [1.165, 1.54) is 7.11 Å². The van der Waals surface area contributed by atoms with Crippen LogP contribution in [0.4, 0.5) is 5.69 Å². The summed E-state index contributed by atoms with van der Waals surface area (Å²) in [6.45, 7) is 0.504. The third-order valence-corrected chi connectivity index (χ3v) is 4.24. The molecule has 0 amide bonds. The Labute approximate surface area is 131 Å². The Bertz CT molecular complexity index is 631. The highest BCUT2D eigenvalue weighted by atomic mass is 79.9. The first-order chi connectivity index (χ1) is 9.63. The summed E-state index contributed by atoms with van der Waals surface area (Å²) < 4.78 is 5.58. The predicted octanol–water partition coefficient (Wildman–Crippen LogP) is 4.50. The second kappa shape index (κ2) is 6.77. The van der Waals surface area contributed by atoms with Crippen molar-refractivity contribution >= 4 is 39.2 Å². The van der Waals surface area contributed by atoms with Crippen LogP contribution in [0, 0.1) is 0 Å². The number of ether oxygens (including phenoxy) is 1. The minimum absolute atomic E-state index is 0.340. The second-order valence-corrected chi connectivity index (χ2v) is 5.30. The van der Waals surface area contributed by atoms with E-state index in [2.05, 4.69) is 21.2 Å². The van der Waals surface area contributed by atoms with Gasteiger partial charge in [0, 0.05) is 6.54 Å². The van der Waals surface area contributed by atoms with E-state index in [1.54, 1.807) is 12.1 Å². The number of methoxy groups -OCH3 is 1. The van der Waals surface area contributed by atoms with Gasteiger partial charge in [-0.05, 0) is 39.7 Å². The number of nitrogens with one attached hydrogen (secondary N) is 1. The van der Waals surface area contributed by atoms with Crippen LogP contribution in [-0.4, -0.2) is 13.1 Å². The van der Waals surface area contributed by atoms with Gasteiger partial charge in [-0.1, -0.05) is 35.9 Å². The summed E-state index contributed by atoms with van der Waals surface area (Å²) in [6, 6.07) is 12.9. The molecule has 0 saturated carbocycles. The molecule has 0 unspecified atom stereocenters. The van der Waals surface area contributed by atoms with Gasteiger partial charge in [0.1, 0.15) is 0 Å². The van der Waals surface area contributed by atoms with Crippen molar-refractivity contribution in [2.75, 3.05) is 12.4 Å². The lowest BCUT2D eigenvalue weighted by Gasteiger charge is -2.12. The van der Waals surface area contributed by atoms with Crippen LogP contribution in [0.15, 0.2) is 46.9 Å². The molecule has 3 nitrogen and oxygen atoms in total. The van der Waals surface area contributed by atoms with E-state index in [9.17, 15) is 4.79 Å². The highest BCUT2D eigenvalue weighted by molar-refractivity contribution is 9.10. The number of carbonyl (C=O) groups excluding carboxylic acids is 1. The van der Waals surface area contributed by atoms with E-state index < -0.39 is 0 Å². The van der Waals surface area contributed by atoms with E-state index >= 15 is 0 Å². The molecule has 0 aliphatic rings. The van der Waals surface area contributed by atoms with Crippen molar-refractivity contribution in [1.82, 2.24) is 0 Å². The average molecular weight is 355 g/mol. The summed E-state index contributed by atoms with van der Waals surface area (Å²) in [6.07, 6.45) is 0. The first kappa shape index (κ1) is 14.9. The van der Waals surface area contributed by atoms with Crippen LogP contribution >= 0.6 is 27.5 Å². The standard InChI is InChI=1S/C15H13BrClNO2/c1-20-15(19)11-6-3-2-5-10(11)9-18-13-8-4-7-12(17)14(13)16/h2-8,18H,9H2,1H3. The van der Waals surface area contributed by atoms with Gasteiger partial charge >= 0.3 is 5.97 Å². The normalized spacial score (nSPS) is 10.2. The maximum Gasteiger partial charge on any atom is 0.338 e. The molecular formula is C15H13BrClNO2. The zero-order valence-electron chi connectivity index (χ0n) is 10.8. The van der Waals surface area contributed by atoms with Gasteiger partial charge in [0.2, 0.25) is 0 Å². The quantitative estimate of drug-likeness (QED) is 0.822. The molecule has 0 radical (unpaired) electrons. The molecule has 0 bridgehead atoms. The van der Waals surface area contributed by atoms with Gasteiger partial charge in [0.05, 0.1) is 27.9 Å². The molecule has 2 aromatic rings. The maximum atomic E-state index is 11.7. The summed E-state index contributed by atoms with van der Waals surface area (Å²) in [4.78, 5) is 11.7. The van der Waals surface area contributed by atoms with Gasteiger partial charge < -0.3 is 10.1 Å². The van der Waals surface area contributed by atoms with Gasteiger partial charge in [-0.3, -0.25) is 0 Å². The maximum absolute atomic E-state index is 11.7. The fourth-order valence-electron chi connectivity index (χ4n) is 1.81. The summed E-state index contributed by atoms with van der Waals surface area (Å²) in [7, 11) is 1.38. The van der Waals surface area contributed by atoms with E-state index in [0.29, 0.717) is 17.1 Å². The van der Waals surface area contributed by atoms with Crippen molar-refractivity contribution in [2.45, 2.75) is 6.54 Å². The Hall–Kier alpha value is -1.52. The van der Waals surface area contributed by atoms with E-state index in [-0.39, 0.29) is 5.97 Å². The number of esters is 1. The lowest BCUT2D eigenvalue weighted by molar-refractivity contribution is 0.0599. The Kier molecular flexibility index (Phi) is 5.04. The van der Waals surface area contributed by atoms with Crippen molar-refractivity contribution in [3.05, 3.63) is 63.1 Å². The van der Waals surface area contributed by atoms with Crippen LogP contribution in [-0.2, 0) is 11.3 Å². The molecule has 0 heterocycles. The third kappa shape index (κ3) is 3.32. The SMILES string of the molecule is COC(=O)c1ccccc1CNc1cccc(Cl)c1Br. The molecule has 2 aromatic carbocycles. The van der Waals surface area contributed by atoms with Crippen LogP contribution in [0.1, 0.15) is 15.9 Å². The average Bonchev–Trinajstić information content (AvgIpc) is 2.48. The number of carbonyl (C=O) groups is 1. The van der Waals surface area contributed by atoms with Gasteiger partial charge in [0.15, 0.2) is 0 Å². The number of rotatable bonds is 4. The number of benzene rings is 2. The molecule has 0 fully saturated rings. The van der Waals surface area contributed by atoms with Crippen molar-refractivity contribution in [3.63, 3.8) is 0 Å². The van der Waals surface area contributed by atoms with Crippen LogP contribution in [0.25, 0.3) is 0 Å². The fourth-order valence-corrected chi connectivity index (χ4v) is 2.39. The summed E-state index contributed by atoms with van der Waals surface area (Å²) in [5, 5.41) is 3.89. The Balaban J connectivity index is 2.19. The molecule has 104 valence electrons. The largest absolute Gasteiger partial charge is 0.465 e. The molecule has 1 N–H and O–H groups in total. The molecule has 0 aliphatic carbocycles. The van der Waals surface area contributed by atoms with Crippen molar-refractivity contribution in [3.8, 4) is 0 Å². The lowest BCUT2D eigenvalue weighted by Crippen LogP contribution is -2.09. The smallest absolute Gasteiger partial charge is 0.338 e. The summed E-state index contributed by atoms with van der Waals surface area (Å²) >= 11 is 9.47. The van der Waals surface area contributed by atoms with Gasteiger partial charge in [-0.25, -0.2) is 4.79 Å². The third-order valence-electron chi connectivity index (χ3n) is 2.84. The minimum atomic E-state index is -0.340. The predicted molar refractivity (Wildman–Crippen MR) is 84.3 cm³/mol. The molecular weight excluding hydrogens is 342 g/mol. The minimum Gasteiger partial charge on any atom is -0.465 e. The molecule has 0 aliphatic heterocycles. The number of anilines is 1. The Morgan fingerprint density at radius 3 is 2.75 bits per heavy atom. The molecule has 0 saturated heterocycles. The molecule has 20 heavy (non-hydrogen) atoms. The van der Waals surface area contributed by atoms with Gasteiger partial charge in [0.25, 0.3) is 0 Å². The number of hydrogen-bond donors (Lipinski definition) is 1. The van der Waals surface area contributed by atoms with Crippen LogP contribution in [0.5, 0.6) is 0 Å². The van der Waals surface area contributed by atoms with E-state index in [1.807, 2.05) is 30.3 Å². The van der Waals surface area contributed by atoms with Crippen LogP contribution in [0.3, 0.4) is 0 Å². The summed E-state index contributed by atoms with van der Waals surface area (Å²) in [5.74, 6) is -0.340. The van der Waals surface area contributed by atoms with Crippen LogP contribution < -0.4 is 5.32 Å².